The lowest BCUT2D eigenvalue weighted by molar-refractivity contribution is 0.338. The third kappa shape index (κ3) is 3.43. The van der Waals surface area contributed by atoms with Crippen molar-refractivity contribution < 1.29 is 0 Å². The number of rotatable bonds is 4. The zero-order valence-corrected chi connectivity index (χ0v) is 20.1. The van der Waals surface area contributed by atoms with Crippen molar-refractivity contribution in [1.82, 2.24) is 9.55 Å². The van der Waals surface area contributed by atoms with Gasteiger partial charge in [-0.05, 0) is 54.9 Å². The Balaban J connectivity index is 0.00000119. The standard InChI is InChI=1S/C26H29BN2O.C2H6/c1-3-9-17(4-2)18-12-13-21-19(16-18)26(14-6-5-7-15-26)25-28-24(30)23-20(27)10-8-11-22(23)29(21)25;1-2/h8,10-13,16-17H,3-7,9,14-15H2,1-2H3;1-2H3. The van der Waals surface area contributed by atoms with Crippen LogP contribution < -0.4 is 11.0 Å². The highest BCUT2D eigenvalue weighted by Gasteiger charge is 2.46. The van der Waals surface area contributed by atoms with Gasteiger partial charge in [0.15, 0.2) is 0 Å². The summed E-state index contributed by atoms with van der Waals surface area (Å²) in [7, 11) is 6.20. The first-order valence-electron chi connectivity index (χ1n) is 12.6. The number of hydrogen-bond acceptors (Lipinski definition) is 2. The molecule has 1 aliphatic heterocycles. The van der Waals surface area contributed by atoms with Crippen molar-refractivity contribution in [1.29, 1.82) is 0 Å². The van der Waals surface area contributed by atoms with E-state index in [2.05, 4.69) is 36.6 Å². The van der Waals surface area contributed by atoms with E-state index in [4.69, 9.17) is 12.8 Å². The van der Waals surface area contributed by atoms with E-state index < -0.39 is 0 Å². The lowest BCUT2D eigenvalue weighted by Crippen LogP contribution is -2.33. The summed E-state index contributed by atoms with van der Waals surface area (Å²) in [6, 6.07) is 12.8. The van der Waals surface area contributed by atoms with Gasteiger partial charge in [0.1, 0.15) is 13.7 Å². The Morgan fingerprint density at radius 1 is 1.09 bits per heavy atom. The van der Waals surface area contributed by atoms with Gasteiger partial charge in [-0.3, -0.25) is 9.36 Å². The van der Waals surface area contributed by atoms with Crippen LogP contribution >= 0.6 is 0 Å². The van der Waals surface area contributed by atoms with Gasteiger partial charge in [0.25, 0.3) is 5.56 Å². The number of nitrogens with zero attached hydrogens (tertiary/aromatic N) is 2. The van der Waals surface area contributed by atoms with Crippen LogP contribution in [0.25, 0.3) is 16.6 Å². The number of benzene rings is 2. The molecule has 1 aromatic heterocycles. The smallest absolute Gasteiger partial charge is 0.280 e. The Morgan fingerprint density at radius 2 is 1.84 bits per heavy atom. The molecular formula is C28H35BN2O. The summed E-state index contributed by atoms with van der Waals surface area (Å²) in [4.78, 5) is 17.7. The van der Waals surface area contributed by atoms with Gasteiger partial charge >= 0.3 is 0 Å². The van der Waals surface area contributed by atoms with E-state index in [1.807, 2.05) is 26.0 Å². The highest BCUT2D eigenvalue weighted by molar-refractivity contribution is 6.38. The minimum Gasteiger partial charge on any atom is -0.297 e. The van der Waals surface area contributed by atoms with Crippen LogP contribution in [0.2, 0.25) is 0 Å². The zero-order chi connectivity index (χ0) is 22.9. The SMILES string of the molecule is CC.[B]c1cccc2c1c(=O)nc1n2-c2ccc(C(CC)CCC)cc2C12CCCCC2. The van der Waals surface area contributed by atoms with Gasteiger partial charge < -0.3 is 0 Å². The fraction of sp³-hybridized carbons (Fsp3) is 0.500. The molecule has 2 heterocycles. The lowest BCUT2D eigenvalue weighted by atomic mass is 9.69. The maximum atomic E-state index is 13.0. The quantitative estimate of drug-likeness (QED) is 0.475. The topological polar surface area (TPSA) is 34.9 Å². The van der Waals surface area contributed by atoms with E-state index in [-0.39, 0.29) is 11.0 Å². The summed E-state index contributed by atoms with van der Waals surface area (Å²) >= 11 is 0. The van der Waals surface area contributed by atoms with Crippen molar-refractivity contribution in [2.45, 2.75) is 90.4 Å². The van der Waals surface area contributed by atoms with Gasteiger partial charge in [0, 0.05) is 0 Å². The highest BCUT2D eigenvalue weighted by Crippen LogP contribution is 2.52. The lowest BCUT2D eigenvalue weighted by Gasteiger charge is -2.34. The zero-order valence-electron chi connectivity index (χ0n) is 20.1. The maximum Gasteiger partial charge on any atom is 0.280 e. The van der Waals surface area contributed by atoms with E-state index in [0.29, 0.717) is 16.8 Å². The molecule has 0 bridgehead atoms. The van der Waals surface area contributed by atoms with Crippen LogP contribution in [-0.2, 0) is 5.41 Å². The normalized spacial score (nSPS) is 16.9. The predicted molar refractivity (Wildman–Crippen MR) is 136 cm³/mol. The fourth-order valence-corrected chi connectivity index (χ4v) is 5.97. The summed E-state index contributed by atoms with van der Waals surface area (Å²) in [5, 5.41) is 0.543. The third-order valence-corrected chi connectivity index (χ3v) is 7.46. The summed E-state index contributed by atoms with van der Waals surface area (Å²) < 4.78 is 2.23. The maximum absolute atomic E-state index is 13.0. The average Bonchev–Trinajstić information content (AvgIpc) is 3.08. The van der Waals surface area contributed by atoms with Gasteiger partial charge in [0.05, 0.1) is 22.0 Å². The summed E-state index contributed by atoms with van der Waals surface area (Å²) in [5.74, 6) is 1.52. The molecule has 3 nitrogen and oxygen atoms in total. The van der Waals surface area contributed by atoms with Crippen molar-refractivity contribution in [2.24, 2.45) is 0 Å². The highest BCUT2D eigenvalue weighted by atomic mass is 16.1. The van der Waals surface area contributed by atoms with E-state index in [1.165, 1.54) is 48.9 Å². The van der Waals surface area contributed by atoms with E-state index in [0.717, 1.165) is 30.6 Å². The molecule has 4 heteroatoms. The van der Waals surface area contributed by atoms with E-state index in [9.17, 15) is 4.79 Å². The van der Waals surface area contributed by atoms with E-state index >= 15 is 0 Å². The molecule has 1 spiro atoms. The molecule has 0 amide bonds. The van der Waals surface area contributed by atoms with E-state index in [1.54, 1.807) is 6.07 Å². The molecule has 2 radical (unpaired) electrons. The second kappa shape index (κ2) is 9.25. The minimum atomic E-state index is -0.190. The van der Waals surface area contributed by atoms with Crippen molar-refractivity contribution in [3.8, 4) is 5.69 Å². The minimum absolute atomic E-state index is 0.147. The molecule has 166 valence electrons. The molecule has 1 unspecified atom stereocenters. The van der Waals surface area contributed by atoms with Crippen LogP contribution in [0.5, 0.6) is 0 Å². The van der Waals surface area contributed by atoms with Crippen LogP contribution in [0.1, 0.15) is 102 Å². The molecule has 0 N–H and O–H groups in total. The fourth-order valence-electron chi connectivity index (χ4n) is 5.97. The monoisotopic (exact) mass is 426 g/mol. The predicted octanol–water partition coefficient (Wildman–Crippen LogP) is 6.06. The number of hydrogen-bond donors (Lipinski definition) is 0. The number of fused-ring (bicyclic) bond motifs is 7. The summed E-state index contributed by atoms with van der Waals surface area (Å²) in [6.07, 6.45) is 9.31. The molecule has 1 saturated carbocycles. The summed E-state index contributed by atoms with van der Waals surface area (Å²) in [5.41, 5.74) is 5.05. The van der Waals surface area contributed by atoms with Crippen molar-refractivity contribution in [2.75, 3.05) is 0 Å². The molecule has 3 aromatic rings. The molecule has 1 atom stereocenters. The Hall–Kier alpha value is -2.36. The van der Waals surface area contributed by atoms with Gasteiger partial charge in [-0.15, -0.1) is 0 Å². The van der Waals surface area contributed by atoms with Gasteiger partial charge in [-0.25, -0.2) is 0 Å². The molecule has 0 saturated heterocycles. The molecule has 32 heavy (non-hydrogen) atoms. The first-order chi connectivity index (χ1) is 15.6. The van der Waals surface area contributed by atoms with Crippen LogP contribution in [0.15, 0.2) is 41.2 Å². The number of aromatic nitrogens is 2. The molecule has 2 aromatic carbocycles. The molecule has 5 rings (SSSR count). The molecule has 1 fully saturated rings. The van der Waals surface area contributed by atoms with Crippen molar-refractivity contribution in [3.05, 3.63) is 63.7 Å². The van der Waals surface area contributed by atoms with Crippen molar-refractivity contribution in [3.63, 3.8) is 0 Å². The average molecular weight is 426 g/mol. The first kappa shape index (κ1) is 22.8. The molecule has 1 aliphatic carbocycles. The Bertz CT molecular complexity index is 1170. The van der Waals surface area contributed by atoms with Gasteiger partial charge in [-0.2, -0.15) is 4.98 Å². The second-order valence-corrected chi connectivity index (χ2v) is 9.13. The summed E-state index contributed by atoms with van der Waals surface area (Å²) in [6.45, 7) is 8.55. The Labute approximate surface area is 193 Å². The Kier molecular flexibility index (Phi) is 6.60. The molecular weight excluding hydrogens is 391 g/mol. The van der Waals surface area contributed by atoms with Crippen LogP contribution in [0, 0.1) is 0 Å². The van der Waals surface area contributed by atoms with Crippen LogP contribution in [-0.4, -0.2) is 17.4 Å². The third-order valence-electron chi connectivity index (χ3n) is 7.46. The first-order valence-corrected chi connectivity index (χ1v) is 12.6. The molecule has 2 aliphatic rings. The Morgan fingerprint density at radius 3 is 2.53 bits per heavy atom. The van der Waals surface area contributed by atoms with Gasteiger partial charge in [0.2, 0.25) is 0 Å². The second-order valence-electron chi connectivity index (χ2n) is 9.13. The largest absolute Gasteiger partial charge is 0.297 e. The van der Waals surface area contributed by atoms with Crippen LogP contribution in [0.3, 0.4) is 0 Å². The van der Waals surface area contributed by atoms with Crippen LogP contribution in [0.4, 0.5) is 0 Å². The van der Waals surface area contributed by atoms with Crippen molar-refractivity contribution >= 4 is 24.2 Å². The van der Waals surface area contributed by atoms with Gasteiger partial charge in [-0.1, -0.05) is 83.1 Å².